The van der Waals surface area contributed by atoms with E-state index < -0.39 is 0 Å². The van der Waals surface area contributed by atoms with E-state index in [2.05, 4.69) is 67.6 Å². The van der Waals surface area contributed by atoms with Gasteiger partial charge in [0.25, 0.3) is 0 Å². The molecule has 1 nitrogen and oxygen atoms in total. The summed E-state index contributed by atoms with van der Waals surface area (Å²) < 4.78 is 0. The van der Waals surface area contributed by atoms with Gasteiger partial charge in [0.05, 0.1) is 0 Å². The molecule has 1 N–H and O–H groups in total. The highest BCUT2D eigenvalue weighted by Gasteiger charge is 2.34. The van der Waals surface area contributed by atoms with Crippen molar-refractivity contribution in [2.45, 2.75) is 67.9 Å². The summed E-state index contributed by atoms with van der Waals surface area (Å²) in [4.78, 5) is 0. The normalized spacial score (nSPS) is 14.8. The second kappa shape index (κ2) is 4.45. The maximum Gasteiger partial charge on any atom is 0.00966 e. The Hall–Kier alpha value is -0.0400. The summed E-state index contributed by atoms with van der Waals surface area (Å²) in [5, 5.41) is 3.64. The third-order valence-corrected chi connectivity index (χ3v) is 2.93. The van der Waals surface area contributed by atoms with Gasteiger partial charge in [0.1, 0.15) is 0 Å². The van der Waals surface area contributed by atoms with Crippen LogP contribution in [0, 0.1) is 16.7 Å². The zero-order valence-corrected chi connectivity index (χ0v) is 12.3. The highest BCUT2D eigenvalue weighted by molar-refractivity contribution is 4.87. The minimum atomic E-state index is 0.217. The second-order valence-corrected chi connectivity index (χ2v) is 7.92. The fraction of sp³-hybridized carbons (Fsp3) is 1.00. The van der Waals surface area contributed by atoms with Gasteiger partial charge in [0.2, 0.25) is 0 Å². The quantitative estimate of drug-likeness (QED) is 0.729. The first-order valence-electron chi connectivity index (χ1n) is 6.09. The van der Waals surface area contributed by atoms with Crippen molar-refractivity contribution in [3.8, 4) is 0 Å². The summed E-state index contributed by atoms with van der Waals surface area (Å²) in [6.45, 7) is 21.8. The molecule has 0 aromatic rings. The molecule has 0 aromatic heterocycles. The van der Waals surface area contributed by atoms with Gasteiger partial charge in [0.15, 0.2) is 0 Å². The Balaban J connectivity index is 4.56. The molecule has 0 radical (unpaired) electrons. The zero-order valence-electron chi connectivity index (χ0n) is 12.3. The van der Waals surface area contributed by atoms with Gasteiger partial charge < -0.3 is 5.32 Å². The summed E-state index contributed by atoms with van der Waals surface area (Å²) >= 11 is 0. The first kappa shape index (κ1) is 15.0. The van der Waals surface area contributed by atoms with Gasteiger partial charge >= 0.3 is 0 Å². The van der Waals surface area contributed by atoms with Gasteiger partial charge in [-0.3, -0.25) is 0 Å². The Bertz CT molecular complexity index is 171. The minimum Gasteiger partial charge on any atom is -0.312 e. The van der Waals surface area contributed by atoms with Crippen molar-refractivity contribution in [2.24, 2.45) is 16.7 Å². The summed E-state index contributed by atoms with van der Waals surface area (Å²) in [5.41, 5.74) is 0.932. The Kier molecular flexibility index (Phi) is 4.44. The Morgan fingerprint density at radius 3 is 1.27 bits per heavy atom. The molecule has 0 fully saturated rings. The van der Waals surface area contributed by atoms with Gasteiger partial charge in [-0.2, -0.15) is 0 Å². The van der Waals surface area contributed by atoms with Crippen LogP contribution in [0.4, 0.5) is 0 Å². The minimum absolute atomic E-state index is 0.217. The molecule has 0 heterocycles. The Morgan fingerprint density at radius 1 is 0.733 bits per heavy atom. The molecule has 0 bridgehead atoms. The summed E-state index contributed by atoms with van der Waals surface area (Å²) in [5.74, 6) is 0.684. The predicted octanol–water partition coefficient (Wildman–Crippen LogP) is 4.08. The molecule has 1 heteroatoms. The van der Waals surface area contributed by atoms with E-state index in [0.29, 0.717) is 16.7 Å². The van der Waals surface area contributed by atoms with Crippen molar-refractivity contribution < 1.29 is 0 Å². The molecule has 92 valence electrons. The van der Waals surface area contributed by atoms with Crippen molar-refractivity contribution in [2.75, 3.05) is 6.54 Å². The van der Waals surface area contributed by atoms with E-state index in [1.807, 2.05) is 0 Å². The van der Waals surface area contributed by atoms with E-state index in [0.717, 1.165) is 6.54 Å². The smallest absolute Gasteiger partial charge is 0.00966 e. The lowest BCUT2D eigenvalue weighted by Gasteiger charge is -2.42. The Morgan fingerprint density at radius 2 is 1.07 bits per heavy atom. The molecule has 0 aliphatic carbocycles. The SMILES string of the molecule is CC(C)(C)NCC(C(C)(C)C)C(C)(C)C. The number of rotatable bonds is 2. The maximum atomic E-state index is 3.64. The third-order valence-electron chi connectivity index (χ3n) is 2.93. The predicted molar refractivity (Wildman–Crippen MR) is 70.2 cm³/mol. The maximum absolute atomic E-state index is 3.64. The van der Waals surface area contributed by atoms with Crippen LogP contribution in [0.2, 0.25) is 0 Å². The van der Waals surface area contributed by atoms with E-state index >= 15 is 0 Å². The molecule has 0 aromatic carbocycles. The van der Waals surface area contributed by atoms with Crippen LogP contribution in [0.25, 0.3) is 0 Å². The molecule has 0 aliphatic heterocycles. The summed E-state index contributed by atoms with van der Waals surface area (Å²) in [6, 6.07) is 0. The second-order valence-electron chi connectivity index (χ2n) is 7.92. The highest BCUT2D eigenvalue weighted by Crippen LogP contribution is 2.39. The van der Waals surface area contributed by atoms with Crippen molar-refractivity contribution >= 4 is 0 Å². The molecule has 0 saturated carbocycles. The van der Waals surface area contributed by atoms with Gasteiger partial charge in [0, 0.05) is 5.54 Å². The molecular weight excluding hydrogens is 182 g/mol. The molecule has 0 spiro atoms. The van der Waals surface area contributed by atoms with Crippen LogP contribution in [-0.4, -0.2) is 12.1 Å². The topological polar surface area (TPSA) is 12.0 Å². The molecule has 0 unspecified atom stereocenters. The summed E-state index contributed by atoms with van der Waals surface area (Å²) in [7, 11) is 0. The van der Waals surface area contributed by atoms with Crippen LogP contribution < -0.4 is 5.32 Å². The van der Waals surface area contributed by atoms with Gasteiger partial charge in [-0.05, 0) is 44.1 Å². The largest absolute Gasteiger partial charge is 0.312 e. The molecule has 15 heavy (non-hydrogen) atoms. The number of hydrogen-bond acceptors (Lipinski definition) is 1. The summed E-state index contributed by atoms with van der Waals surface area (Å²) in [6.07, 6.45) is 0. The highest BCUT2D eigenvalue weighted by atomic mass is 14.9. The van der Waals surface area contributed by atoms with Crippen LogP contribution in [-0.2, 0) is 0 Å². The van der Waals surface area contributed by atoms with E-state index in [1.165, 1.54) is 0 Å². The van der Waals surface area contributed by atoms with Crippen LogP contribution in [0.1, 0.15) is 62.3 Å². The monoisotopic (exact) mass is 213 g/mol. The van der Waals surface area contributed by atoms with Crippen LogP contribution in [0.3, 0.4) is 0 Å². The first-order chi connectivity index (χ1) is 6.34. The molecule has 0 atom stereocenters. The van der Waals surface area contributed by atoms with E-state index in [1.54, 1.807) is 0 Å². The van der Waals surface area contributed by atoms with E-state index in [9.17, 15) is 0 Å². The molecule has 0 amide bonds. The zero-order chi connectivity index (χ0) is 12.5. The third kappa shape index (κ3) is 6.19. The first-order valence-corrected chi connectivity index (χ1v) is 6.09. The van der Waals surface area contributed by atoms with Crippen molar-refractivity contribution in [1.29, 1.82) is 0 Å². The molecular formula is C14H31N. The van der Waals surface area contributed by atoms with Crippen LogP contribution >= 0.6 is 0 Å². The average molecular weight is 213 g/mol. The van der Waals surface area contributed by atoms with Crippen molar-refractivity contribution in [1.82, 2.24) is 5.32 Å². The average Bonchev–Trinajstić information content (AvgIpc) is 1.75. The Labute approximate surface area is 97.0 Å². The standard InChI is InChI=1S/C14H31N/c1-12(2,3)11(13(4,5)6)10-15-14(7,8)9/h11,15H,10H2,1-9H3. The fourth-order valence-electron chi connectivity index (χ4n) is 2.32. The van der Waals surface area contributed by atoms with Crippen LogP contribution in [0.15, 0.2) is 0 Å². The molecule has 0 saturated heterocycles. The van der Waals surface area contributed by atoms with E-state index in [4.69, 9.17) is 0 Å². The van der Waals surface area contributed by atoms with Gasteiger partial charge in [-0.25, -0.2) is 0 Å². The van der Waals surface area contributed by atoms with Crippen molar-refractivity contribution in [3.05, 3.63) is 0 Å². The van der Waals surface area contributed by atoms with Gasteiger partial charge in [-0.1, -0.05) is 41.5 Å². The van der Waals surface area contributed by atoms with Gasteiger partial charge in [-0.15, -0.1) is 0 Å². The molecule has 0 rings (SSSR count). The number of hydrogen-bond donors (Lipinski definition) is 1. The lowest BCUT2D eigenvalue weighted by Crippen LogP contribution is -2.46. The molecule has 0 aliphatic rings. The van der Waals surface area contributed by atoms with E-state index in [-0.39, 0.29) is 5.54 Å². The number of nitrogens with one attached hydrogen (secondary N) is 1. The lowest BCUT2D eigenvalue weighted by molar-refractivity contribution is 0.0935. The fourth-order valence-corrected chi connectivity index (χ4v) is 2.32. The lowest BCUT2D eigenvalue weighted by atomic mass is 9.66. The van der Waals surface area contributed by atoms with Crippen LogP contribution in [0.5, 0.6) is 0 Å². The van der Waals surface area contributed by atoms with Crippen molar-refractivity contribution in [3.63, 3.8) is 0 Å².